The van der Waals surface area contributed by atoms with Gasteiger partial charge in [0.1, 0.15) is 11.4 Å². The van der Waals surface area contributed by atoms with Crippen LogP contribution in [0.4, 0.5) is 5.69 Å². The zero-order chi connectivity index (χ0) is 17.9. The third kappa shape index (κ3) is 3.49. The Hall–Kier alpha value is -2.07. The van der Waals surface area contributed by atoms with Crippen molar-refractivity contribution in [2.45, 2.75) is 45.1 Å². The summed E-state index contributed by atoms with van der Waals surface area (Å²) in [6, 6.07) is 11.8. The van der Waals surface area contributed by atoms with E-state index in [-0.39, 0.29) is 5.91 Å². The minimum atomic E-state index is -0.716. The molecule has 0 unspecified atom stereocenters. The summed E-state index contributed by atoms with van der Waals surface area (Å²) in [6.45, 7) is 4.81. The molecular formula is C21H27NO3. The number of hydrogen-bond donors (Lipinski definition) is 1. The zero-order valence-electron chi connectivity index (χ0n) is 15.3. The highest BCUT2D eigenvalue weighted by molar-refractivity contribution is 6.06. The Balaban J connectivity index is 1.90. The molecule has 0 aromatic heterocycles. The fourth-order valence-electron chi connectivity index (χ4n) is 3.65. The Labute approximate surface area is 149 Å². The standard InChI is InChI=1S/C21H27NO3/c1-4-25-19-10-9-18(16-7-5-6-8-17(16)19)22-20(23)21(24-3)13-11-15(2)12-14-21/h5-10,15H,4,11-14H2,1-3H3,(H,22,23). The van der Waals surface area contributed by atoms with Crippen molar-refractivity contribution in [1.82, 2.24) is 0 Å². The van der Waals surface area contributed by atoms with Gasteiger partial charge >= 0.3 is 0 Å². The summed E-state index contributed by atoms with van der Waals surface area (Å²) in [4.78, 5) is 13.0. The van der Waals surface area contributed by atoms with E-state index in [0.29, 0.717) is 12.5 Å². The maximum Gasteiger partial charge on any atom is 0.256 e. The summed E-state index contributed by atoms with van der Waals surface area (Å²) in [7, 11) is 1.64. The minimum Gasteiger partial charge on any atom is -0.493 e. The van der Waals surface area contributed by atoms with E-state index >= 15 is 0 Å². The number of methoxy groups -OCH3 is 1. The predicted octanol–water partition coefficient (Wildman–Crippen LogP) is 4.77. The molecule has 1 N–H and O–H groups in total. The van der Waals surface area contributed by atoms with Gasteiger partial charge in [-0.15, -0.1) is 0 Å². The first-order chi connectivity index (χ1) is 12.1. The quantitative estimate of drug-likeness (QED) is 0.852. The van der Waals surface area contributed by atoms with Crippen LogP contribution in [0.5, 0.6) is 5.75 Å². The average molecular weight is 341 g/mol. The maximum absolute atomic E-state index is 13.0. The number of fused-ring (bicyclic) bond motifs is 1. The number of ether oxygens (including phenoxy) is 2. The molecule has 4 nitrogen and oxygen atoms in total. The van der Waals surface area contributed by atoms with Gasteiger partial charge in [-0.2, -0.15) is 0 Å². The van der Waals surface area contributed by atoms with Gasteiger partial charge in [0, 0.05) is 23.6 Å². The molecule has 0 aliphatic heterocycles. The number of carbonyl (C=O) groups excluding carboxylic acids is 1. The molecule has 0 atom stereocenters. The number of carbonyl (C=O) groups is 1. The lowest BCUT2D eigenvalue weighted by Gasteiger charge is -2.36. The monoisotopic (exact) mass is 341 g/mol. The molecule has 0 bridgehead atoms. The van der Waals surface area contributed by atoms with Crippen molar-refractivity contribution in [3.63, 3.8) is 0 Å². The van der Waals surface area contributed by atoms with Gasteiger partial charge in [-0.1, -0.05) is 31.2 Å². The molecule has 0 spiro atoms. The van der Waals surface area contributed by atoms with E-state index in [2.05, 4.69) is 12.2 Å². The highest BCUT2D eigenvalue weighted by atomic mass is 16.5. The molecule has 25 heavy (non-hydrogen) atoms. The first kappa shape index (κ1) is 17.7. The Bertz CT molecular complexity index is 748. The van der Waals surface area contributed by atoms with E-state index in [1.54, 1.807) is 7.11 Å². The zero-order valence-corrected chi connectivity index (χ0v) is 15.3. The molecule has 0 saturated heterocycles. The molecule has 2 aromatic rings. The van der Waals surface area contributed by atoms with E-state index in [9.17, 15) is 4.79 Å². The molecule has 1 amide bonds. The summed E-state index contributed by atoms with van der Waals surface area (Å²) in [5.41, 5.74) is 0.0887. The van der Waals surface area contributed by atoms with Crippen LogP contribution in [0.25, 0.3) is 10.8 Å². The van der Waals surface area contributed by atoms with Gasteiger partial charge in [-0.3, -0.25) is 4.79 Å². The van der Waals surface area contributed by atoms with Gasteiger partial charge in [-0.25, -0.2) is 0 Å². The number of anilines is 1. The van der Waals surface area contributed by atoms with Gasteiger partial charge in [-0.05, 0) is 50.7 Å². The molecule has 1 aliphatic carbocycles. The molecule has 2 aromatic carbocycles. The number of amides is 1. The molecule has 0 radical (unpaired) electrons. The third-order valence-corrected chi connectivity index (χ3v) is 5.32. The Morgan fingerprint density at radius 1 is 1.16 bits per heavy atom. The van der Waals surface area contributed by atoms with Crippen LogP contribution < -0.4 is 10.1 Å². The lowest BCUT2D eigenvalue weighted by molar-refractivity contribution is -0.142. The summed E-state index contributed by atoms with van der Waals surface area (Å²) in [5.74, 6) is 1.45. The van der Waals surface area contributed by atoms with Crippen LogP contribution in [-0.4, -0.2) is 25.2 Å². The third-order valence-electron chi connectivity index (χ3n) is 5.32. The normalized spacial score (nSPS) is 23.4. The number of nitrogens with one attached hydrogen (secondary N) is 1. The van der Waals surface area contributed by atoms with Crippen molar-refractivity contribution in [3.05, 3.63) is 36.4 Å². The van der Waals surface area contributed by atoms with Crippen LogP contribution in [-0.2, 0) is 9.53 Å². The molecule has 134 valence electrons. The Morgan fingerprint density at radius 2 is 1.84 bits per heavy atom. The number of rotatable bonds is 5. The van der Waals surface area contributed by atoms with Gasteiger partial charge < -0.3 is 14.8 Å². The molecule has 3 rings (SSSR count). The SMILES string of the molecule is CCOc1ccc(NC(=O)C2(OC)CCC(C)CC2)c2ccccc12. The summed E-state index contributed by atoms with van der Waals surface area (Å²) in [5, 5.41) is 5.10. The van der Waals surface area contributed by atoms with Crippen molar-refractivity contribution in [3.8, 4) is 5.75 Å². The molecule has 0 heterocycles. The van der Waals surface area contributed by atoms with E-state index in [1.165, 1.54) is 0 Å². The van der Waals surface area contributed by atoms with Gasteiger partial charge in [0.25, 0.3) is 5.91 Å². The van der Waals surface area contributed by atoms with Gasteiger partial charge in [0.2, 0.25) is 0 Å². The molecule has 1 fully saturated rings. The minimum absolute atomic E-state index is 0.0452. The van der Waals surface area contributed by atoms with Crippen LogP contribution in [0.15, 0.2) is 36.4 Å². The van der Waals surface area contributed by atoms with E-state index in [4.69, 9.17) is 9.47 Å². The summed E-state index contributed by atoms with van der Waals surface area (Å²) < 4.78 is 11.4. The predicted molar refractivity (Wildman–Crippen MR) is 101 cm³/mol. The van der Waals surface area contributed by atoms with Crippen molar-refractivity contribution < 1.29 is 14.3 Å². The van der Waals surface area contributed by atoms with Crippen LogP contribution in [0.3, 0.4) is 0 Å². The first-order valence-corrected chi connectivity index (χ1v) is 9.11. The van der Waals surface area contributed by atoms with Crippen LogP contribution in [0.2, 0.25) is 0 Å². The van der Waals surface area contributed by atoms with Crippen LogP contribution >= 0.6 is 0 Å². The largest absolute Gasteiger partial charge is 0.493 e. The maximum atomic E-state index is 13.0. The van der Waals surface area contributed by atoms with Crippen LogP contribution in [0.1, 0.15) is 39.5 Å². The number of hydrogen-bond acceptors (Lipinski definition) is 3. The molecule has 4 heteroatoms. The molecular weight excluding hydrogens is 314 g/mol. The van der Waals surface area contributed by atoms with Crippen molar-refractivity contribution in [2.75, 3.05) is 19.0 Å². The topological polar surface area (TPSA) is 47.6 Å². The van der Waals surface area contributed by atoms with E-state index in [0.717, 1.165) is 47.9 Å². The summed E-state index contributed by atoms with van der Waals surface area (Å²) >= 11 is 0. The van der Waals surface area contributed by atoms with Crippen molar-refractivity contribution in [2.24, 2.45) is 5.92 Å². The van der Waals surface area contributed by atoms with Gasteiger partial charge in [0.05, 0.1) is 6.61 Å². The average Bonchev–Trinajstić information content (AvgIpc) is 2.65. The number of benzene rings is 2. The summed E-state index contributed by atoms with van der Waals surface area (Å²) in [6.07, 6.45) is 3.58. The van der Waals surface area contributed by atoms with Gasteiger partial charge in [0.15, 0.2) is 0 Å². The fourth-order valence-corrected chi connectivity index (χ4v) is 3.65. The molecule has 1 saturated carbocycles. The molecule has 1 aliphatic rings. The lowest BCUT2D eigenvalue weighted by Crippen LogP contribution is -2.47. The highest BCUT2D eigenvalue weighted by Crippen LogP contribution is 2.37. The first-order valence-electron chi connectivity index (χ1n) is 9.11. The van der Waals surface area contributed by atoms with E-state index in [1.807, 2.05) is 43.3 Å². The smallest absolute Gasteiger partial charge is 0.256 e. The Kier molecular flexibility index (Phi) is 5.28. The van der Waals surface area contributed by atoms with Crippen LogP contribution in [0, 0.1) is 5.92 Å². The van der Waals surface area contributed by atoms with Crippen molar-refractivity contribution in [1.29, 1.82) is 0 Å². The second-order valence-electron chi connectivity index (χ2n) is 6.92. The van der Waals surface area contributed by atoms with Crippen molar-refractivity contribution >= 4 is 22.4 Å². The highest BCUT2D eigenvalue weighted by Gasteiger charge is 2.41. The lowest BCUT2D eigenvalue weighted by atomic mass is 9.79. The fraction of sp³-hybridized carbons (Fsp3) is 0.476. The Morgan fingerprint density at radius 3 is 2.48 bits per heavy atom. The second kappa shape index (κ2) is 7.44. The second-order valence-corrected chi connectivity index (χ2v) is 6.92. The van der Waals surface area contributed by atoms with E-state index < -0.39 is 5.60 Å².